The van der Waals surface area contributed by atoms with Crippen molar-refractivity contribution >= 4 is 0 Å². The summed E-state index contributed by atoms with van der Waals surface area (Å²) in [5.74, 6) is 4.05. The number of nitrogens with zero attached hydrogens (tertiary/aromatic N) is 1. The van der Waals surface area contributed by atoms with Crippen LogP contribution in [0.1, 0.15) is 113 Å². The lowest BCUT2D eigenvalue weighted by molar-refractivity contribution is 0.155. The Balaban J connectivity index is 1.17. The zero-order valence-corrected chi connectivity index (χ0v) is 18.1. The molecule has 0 bridgehead atoms. The van der Waals surface area contributed by atoms with Gasteiger partial charge >= 0.3 is 0 Å². The molecule has 3 saturated carbocycles. The molecule has 0 aromatic heterocycles. The Morgan fingerprint density at radius 3 is 1.97 bits per heavy atom. The van der Waals surface area contributed by atoms with Gasteiger partial charge in [0.1, 0.15) is 11.9 Å². The summed E-state index contributed by atoms with van der Waals surface area (Å²) in [7, 11) is 0. The Morgan fingerprint density at radius 1 is 0.793 bits per heavy atom. The van der Waals surface area contributed by atoms with Crippen molar-refractivity contribution in [2.45, 2.75) is 102 Å². The third-order valence-electron chi connectivity index (χ3n) is 8.61. The third-order valence-corrected chi connectivity index (χ3v) is 8.61. The highest BCUT2D eigenvalue weighted by molar-refractivity contribution is 5.34. The third kappa shape index (κ3) is 5.42. The summed E-state index contributed by atoms with van der Waals surface area (Å²) in [5.41, 5.74) is 1.27. The van der Waals surface area contributed by atoms with Crippen molar-refractivity contribution in [2.24, 2.45) is 23.7 Å². The van der Waals surface area contributed by atoms with Gasteiger partial charge in [0.2, 0.25) is 0 Å². The standard InChI is InChI=1S/C27H38FN/c28-27-18-25(16-17-26(27)19-29)24-14-12-23(13-15-24)22-10-8-21(9-11-22)7-3-6-20-4-1-2-5-20/h16-18,20-24H,1-15H2/t21-,22-,23-,24-. The first-order valence-corrected chi connectivity index (χ1v) is 12.4. The topological polar surface area (TPSA) is 23.8 Å². The van der Waals surface area contributed by atoms with Crippen LogP contribution in [0.4, 0.5) is 4.39 Å². The Kier molecular flexibility index (Phi) is 7.28. The molecule has 1 nitrogen and oxygen atoms in total. The summed E-state index contributed by atoms with van der Waals surface area (Å²) in [4.78, 5) is 0. The van der Waals surface area contributed by atoms with Crippen LogP contribution in [0.15, 0.2) is 18.2 Å². The number of halogens is 1. The van der Waals surface area contributed by atoms with Crippen LogP contribution < -0.4 is 0 Å². The number of benzene rings is 1. The number of hydrogen-bond acceptors (Lipinski definition) is 1. The first-order chi connectivity index (χ1) is 14.2. The van der Waals surface area contributed by atoms with Crippen LogP contribution in [-0.2, 0) is 0 Å². The molecule has 3 aliphatic carbocycles. The van der Waals surface area contributed by atoms with E-state index in [9.17, 15) is 4.39 Å². The van der Waals surface area contributed by atoms with Crippen LogP contribution in [0.3, 0.4) is 0 Å². The molecule has 0 amide bonds. The van der Waals surface area contributed by atoms with E-state index >= 15 is 0 Å². The Hall–Kier alpha value is -1.36. The van der Waals surface area contributed by atoms with Crippen molar-refractivity contribution in [2.75, 3.05) is 0 Å². The fourth-order valence-corrected chi connectivity index (χ4v) is 6.74. The average Bonchev–Trinajstić information content (AvgIpc) is 3.28. The number of rotatable bonds is 6. The lowest BCUT2D eigenvalue weighted by Crippen LogP contribution is -2.25. The van der Waals surface area contributed by atoms with Crippen molar-refractivity contribution in [3.8, 4) is 6.07 Å². The van der Waals surface area contributed by atoms with Crippen molar-refractivity contribution in [3.05, 3.63) is 35.1 Å². The van der Waals surface area contributed by atoms with Gasteiger partial charge < -0.3 is 0 Å². The second kappa shape index (κ2) is 10.1. The summed E-state index contributed by atoms with van der Waals surface area (Å²) in [5, 5.41) is 8.92. The normalized spacial score (nSPS) is 30.9. The van der Waals surface area contributed by atoms with Gasteiger partial charge in [-0.25, -0.2) is 4.39 Å². The Labute approximate surface area is 177 Å². The Bertz CT molecular complexity index is 683. The quantitative estimate of drug-likeness (QED) is 0.477. The smallest absolute Gasteiger partial charge is 0.141 e. The molecule has 0 spiro atoms. The molecule has 0 aliphatic heterocycles. The summed E-state index contributed by atoms with van der Waals surface area (Å²) in [6.45, 7) is 0. The molecule has 3 fully saturated rings. The highest BCUT2D eigenvalue weighted by Crippen LogP contribution is 2.44. The minimum absolute atomic E-state index is 0.169. The van der Waals surface area contributed by atoms with Crippen molar-refractivity contribution in [1.29, 1.82) is 5.26 Å². The molecule has 0 heterocycles. The number of nitriles is 1. The lowest BCUT2D eigenvalue weighted by Gasteiger charge is -2.38. The zero-order chi connectivity index (χ0) is 20.1. The molecule has 0 unspecified atom stereocenters. The van der Waals surface area contributed by atoms with Gasteiger partial charge in [0.25, 0.3) is 0 Å². The van der Waals surface area contributed by atoms with Gasteiger partial charge in [-0.05, 0) is 85.8 Å². The van der Waals surface area contributed by atoms with Crippen LogP contribution >= 0.6 is 0 Å². The van der Waals surface area contributed by atoms with Gasteiger partial charge in [0.05, 0.1) is 5.56 Å². The van der Waals surface area contributed by atoms with Crippen molar-refractivity contribution < 1.29 is 4.39 Å². The van der Waals surface area contributed by atoms with Gasteiger partial charge in [0, 0.05) is 0 Å². The van der Waals surface area contributed by atoms with Crippen LogP contribution in [0.2, 0.25) is 0 Å². The molecular formula is C27H38FN. The molecule has 29 heavy (non-hydrogen) atoms. The van der Waals surface area contributed by atoms with Crippen LogP contribution in [0.25, 0.3) is 0 Å². The van der Waals surface area contributed by atoms with Crippen molar-refractivity contribution in [3.63, 3.8) is 0 Å². The van der Waals surface area contributed by atoms with Gasteiger partial charge in [-0.3, -0.25) is 0 Å². The van der Waals surface area contributed by atoms with E-state index in [1.165, 1.54) is 96.3 Å². The summed E-state index contributed by atoms with van der Waals surface area (Å²) >= 11 is 0. The highest BCUT2D eigenvalue weighted by Gasteiger charge is 2.31. The maximum atomic E-state index is 14.0. The first kappa shape index (κ1) is 20.9. The average molecular weight is 396 g/mol. The molecule has 1 aromatic rings. The summed E-state index contributed by atoms with van der Waals surface area (Å²) in [6.07, 6.45) is 21.3. The van der Waals surface area contributed by atoms with E-state index in [4.69, 9.17) is 5.26 Å². The minimum atomic E-state index is -0.349. The predicted octanol–water partition coefficient (Wildman–Crippen LogP) is 8.14. The van der Waals surface area contributed by atoms with Crippen molar-refractivity contribution in [1.82, 2.24) is 0 Å². The molecule has 0 atom stereocenters. The molecule has 4 rings (SSSR count). The molecular weight excluding hydrogens is 357 g/mol. The van der Waals surface area contributed by atoms with Gasteiger partial charge in [-0.1, -0.05) is 63.9 Å². The van der Waals surface area contributed by atoms with Gasteiger partial charge in [-0.15, -0.1) is 0 Å². The molecule has 0 radical (unpaired) electrons. The lowest BCUT2D eigenvalue weighted by atomic mass is 9.68. The minimum Gasteiger partial charge on any atom is -0.206 e. The predicted molar refractivity (Wildman–Crippen MR) is 117 cm³/mol. The molecule has 2 heteroatoms. The van der Waals surface area contributed by atoms with E-state index < -0.39 is 0 Å². The fourth-order valence-electron chi connectivity index (χ4n) is 6.74. The maximum absolute atomic E-state index is 14.0. The van der Waals surface area contributed by atoms with E-state index in [0.29, 0.717) is 5.92 Å². The van der Waals surface area contributed by atoms with Gasteiger partial charge in [-0.2, -0.15) is 5.26 Å². The first-order valence-electron chi connectivity index (χ1n) is 12.4. The molecule has 3 aliphatic rings. The molecule has 0 saturated heterocycles. The highest BCUT2D eigenvalue weighted by atomic mass is 19.1. The van der Waals surface area contributed by atoms with Crippen LogP contribution in [-0.4, -0.2) is 0 Å². The van der Waals surface area contributed by atoms with E-state index in [2.05, 4.69) is 0 Å². The zero-order valence-electron chi connectivity index (χ0n) is 18.1. The monoisotopic (exact) mass is 395 g/mol. The molecule has 0 N–H and O–H groups in total. The second-order valence-electron chi connectivity index (χ2n) is 10.3. The van der Waals surface area contributed by atoms with E-state index in [0.717, 1.165) is 29.2 Å². The number of hydrogen-bond donors (Lipinski definition) is 0. The van der Waals surface area contributed by atoms with E-state index in [1.807, 2.05) is 12.1 Å². The Morgan fingerprint density at radius 2 is 1.38 bits per heavy atom. The van der Waals surface area contributed by atoms with Gasteiger partial charge in [0.15, 0.2) is 0 Å². The largest absolute Gasteiger partial charge is 0.206 e. The second-order valence-corrected chi connectivity index (χ2v) is 10.3. The summed E-state index contributed by atoms with van der Waals surface area (Å²) < 4.78 is 14.0. The van der Waals surface area contributed by atoms with E-state index in [1.54, 1.807) is 12.1 Å². The molecule has 158 valence electrons. The van der Waals surface area contributed by atoms with E-state index in [-0.39, 0.29) is 11.4 Å². The summed E-state index contributed by atoms with van der Waals surface area (Å²) in [6, 6.07) is 7.18. The molecule has 1 aromatic carbocycles. The maximum Gasteiger partial charge on any atom is 0.141 e. The van der Waals surface area contributed by atoms with Crippen LogP contribution in [0.5, 0.6) is 0 Å². The van der Waals surface area contributed by atoms with Crippen LogP contribution in [0, 0.1) is 40.8 Å². The SMILES string of the molecule is N#Cc1ccc([C@H]2CC[C@H]([C@H]3CC[C@H](CCCC4CCCC4)CC3)CC2)cc1F. The fraction of sp³-hybridized carbons (Fsp3) is 0.741.